The van der Waals surface area contributed by atoms with Gasteiger partial charge in [0.15, 0.2) is 0 Å². The van der Waals surface area contributed by atoms with Gasteiger partial charge in [-0.1, -0.05) is 49.6 Å². The van der Waals surface area contributed by atoms with E-state index in [9.17, 15) is 13.2 Å². The molecule has 1 aromatic carbocycles. The maximum absolute atomic E-state index is 12.3. The Labute approximate surface area is 139 Å². The lowest BCUT2D eigenvalue weighted by Crippen LogP contribution is -2.46. The van der Waals surface area contributed by atoms with Gasteiger partial charge in [0.25, 0.3) is 0 Å². The first kappa shape index (κ1) is 17.9. The van der Waals surface area contributed by atoms with Crippen molar-refractivity contribution in [3.63, 3.8) is 0 Å². The first-order valence-corrected chi connectivity index (χ1v) is 10.0. The molecular weight excluding hydrogens is 312 g/mol. The second-order valence-corrected chi connectivity index (χ2v) is 8.23. The van der Waals surface area contributed by atoms with E-state index in [2.05, 4.69) is 5.32 Å². The summed E-state index contributed by atoms with van der Waals surface area (Å²) in [5.74, 6) is -0.252. The summed E-state index contributed by atoms with van der Waals surface area (Å²) in [6.45, 7) is 1.80. The minimum Gasteiger partial charge on any atom is -0.348 e. The Balaban J connectivity index is 2.00. The molecule has 0 unspecified atom stereocenters. The van der Waals surface area contributed by atoms with Gasteiger partial charge in [-0.25, -0.2) is 8.42 Å². The summed E-state index contributed by atoms with van der Waals surface area (Å²) in [5.41, 5.74) is 1.00. The van der Waals surface area contributed by atoms with Crippen LogP contribution in [0.15, 0.2) is 30.3 Å². The molecule has 6 heteroatoms. The van der Waals surface area contributed by atoms with Crippen LogP contribution in [0.1, 0.15) is 50.6 Å². The number of hydrogen-bond acceptors (Lipinski definition) is 3. The van der Waals surface area contributed by atoms with Crippen molar-refractivity contribution in [1.82, 2.24) is 9.62 Å². The molecule has 1 N–H and O–H groups in total. The molecule has 0 bridgehead atoms. The highest BCUT2D eigenvalue weighted by Crippen LogP contribution is 2.24. The molecule has 23 heavy (non-hydrogen) atoms. The summed E-state index contributed by atoms with van der Waals surface area (Å²) >= 11 is 0. The summed E-state index contributed by atoms with van der Waals surface area (Å²) in [6, 6.07) is 9.46. The molecule has 2 rings (SSSR count). The molecule has 1 aliphatic rings. The lowest BCUT2D eigenvalue weighted by Gasteiger charge is -2.32. The summed E-state index contributed by atoms with van der Waals surface area (Å²) in [5, 5.41) is 2.89. The van der Waals surface area contributed by atoms with Crippen LogP contribution in [-0.2, 0) is 14.8 Å². The molecule has 5 nitrogen and oxygen atoms in total. The average molecular weight is 338 g/mol. The molecule has 1 amide bonds. The van der Waals surface area contributed by atoms with Crippen LogP contribution in [0.25, 0.3) is 0 Å². The van der Waals surface area contributed by atoms with Crippen molar-refractivity contribution in [3.8, 4) is 0 Å². The minimum atomic E-state index is -3.39. The number of carbonyl (C=O) groups excluding carboxylic acids is 1. The topological polar surface area (TPSA) is 66.5 Å². The van der Waals surface area contributed by atoms with E-state index in [-0.39, 0.29) is 24.5 Å². The molecule has 1 saturated carbocycles. The highest BCUT2D eigenvalue weighted by molar-refractivity contribution is 7.88. The molecule has 0 radical (unpaired) electrons. The van der Waals surface area contributed by atoms with Gasteiger partial charge < -0.3 is 5.32 Å². The van der Waals surface area contributed by atoms with E-state index in [1.165, 1.54) is 10.6 Å². The third-order valence-corrected chi connectivity index (χ3v) is 5.66. The van der Waals surface area contributed by atoms with E-state index in [4.69, 9.17) is 0 Å². The third-order valence-electron chi connectivity index (χ3n) is 4.38. The van der Waals surface area contributed by atoms with Crippen LogP contribution in [0.5, 0.6) is 0 Å². The highest BCUT2D eigenvalue weighted by Gasteiger charge is 2.30. The van der Waals surface area contributed by atoms with Gasteiger partial charge in [0, 0.05) is 6.04 Å². The quantitative estimate of drug-likeness (QED) is 0.866. The fraction of sp³-hybridized carbons (Fsp3) is 0.588. The Morgan fingerprint density at radius 2 is 1.83 bits per heavy atom. The zero-order valence-corrected chi connectivity index (χ0v) is 14.7. The van der Waals surface area contributed by atoms with Crippen LogP contribution < -0.4 is 5.32 Å². The SMILES string of the molecule is C[C@@H](NC(=O)CN(C1CCCCC1)S(C)(=O)=O)c1ccccc1. The molecular formula is C17H26N2O3S. The Kier molecular flexibility index (Phi) is 6.18. The number of rotatable bonds is 6. The fourth-order valence-corrected chi connectivity index (χ4v) is 4.24. The van der Waals surface area contributed by atoms with Crippen LogP contribution in [0.2, 0.25) is 0 Å². The number of nitrogens with one attached hydrogen (secondary N) is 1. The van der Waals surface area contributed by atoms with E-state index in [0.29, 0.717) is 0 Å². The van der Waals surface area contributed by atoms with Gasteiger partial charge in [-0.05, 0) is 25.3 Å². The standard InChI is InChI=1S/C17H26N2O3S/c1-14(15-9-5-3-6-10-15)18-17(20)13-19(23(2,21)22)16-11-7-4-8-12-16/h3,5-6,9-10,14,16H,4,7-8,11-13H2,1-2H3,(H,18,20)/t14-/m1/s1. The van der Waals surface area contributed by atoms with E-state index in [0.717, 1.165) is 37.7 Å². The fourth-order valence-electron chi connectivity index (χ4n) is 3.14. The monoisotopic (exact) mass is 338 g/mol. The average Bonchev–Trinajstić information content (AvgIpc) is 2.53. The summed E-state index contributed by atoms with van der Waals surface area (Å²) in [7, 11) is -3.39. The molecule has 1 fully saturated rings. The van der Waals surface area contributed by atoms with Crippen molar-refractivity contribution in [2.75, 3.05) is 12.8 Å². The Hall–Kier alpha value is -1.40. The number of sulfonamides is 1. The molecule has 1 atom stereocenters. The lowest BCUT2D eigenvalue weighted by molar-refractivity contribution is -0.122. The van der Waals surface area contributed by atoms with Gasteiger partial charge in [-0.15, -0.1) is 0 Å². The van der Waals surface area contributed by atoms with Gasteiger partial charge in [0.2, 0.25) is 15.9 Å². The molecule has 0 aromatic heterocycles. The number of carbonyl (C=O) groups is 1. The first-order valence-electron chi connectivity index (χ1n) is 8.19. The van der Waals surface area contributed by atoms with Crippen molar-refractivity contribution >= 4 is 15.9 Å². The van der Waals surface area contributed by atoms with Crippen LogP contribution >= 0.6 is 0 Å². The number of hydrogen-bond donors (Lipinski definition) is 1. The van der Waals surface area contributed by atoms with Crippen molar-refractivity contribution in [2.24, 2.45) is 0 Å². The van der Waals surface area contributed by atoms with Crippen molar-refractivity contribution < 1.29 is 13.2 Å². The van der Waals surface area contributed by atoms with E-state index in [1.807, 2.05) is 37.3 Å². The van der Waals surface area contributed by atoms with E-state index in [1.54, 1.807) is 0 Å². The van der Waals surface area contributed by atoms with Crippen LogP contribution in [-0.4, -0.2) is 37.5 Å². The Morgan fingerprint density at radius 1 is 1.22 bits per heavy atom. The zero-order chi connectivity index (χ0) is 16.9. The Bertz CT molecular complexity index is 610. The number of benzene rings is 1. The molecule has 128 valence electrons. The van der Waals surface area contributed by atoms with Crippen molar-refractivity contribution in [3.05, 3.63) is 35.9 Å². The van der Waals surface area contributed by atoms with E-state index >= 15 is 0 Å². The zero-order valence-electron chi connectivity index (χ0n) is 13.9. The Morgan fingerprint density at radius 3 is 2.39 bits per heavy atom. The molecule has 0 spiro atoms. The lowest BCUT2D eigenvalue weighted by atomic mass is 9.95. The van der Waals surface area contributed by atoms with Crippen LogP contribution in [0.4, 0.5) is 0 Å². The van der Waals surface area contributed by atoms with Gasteiger partial charge in [-0.2, -0.15) is 4.31 Å². The predicted octanol–water partition coefficient (Wildman–Crippen LogP) is 2.46. The minimum absolute atomic E-state index is 0.0449. The predicted molar refractivity (Wildman–Crippen MR) is 91.4 cm³/mol. The summed E-state index contributed by atoms with van der Waals surface area (Å²) < 4.78 is 25.5. The molecule has 1 aromatic rings. The second-order valence-electron chi connectivity index (χ2n) is 6.30. The van der Waals surface area contributed by atoms with Gasteiger partial charge in [0.05, 0.1) is 18.8 Å². The molecule has 0 saturated heterocycles. The largest absolute Gasteiger partial charge is 0.348 e. The second kappa shape index (κ2) is 7.93. The summed E-state index contributed by atoms with van der Waals surface area (Å²) in [6.07, 6.45) is 6.07. The van der Waals surface area contributed by atoms with Crippen LogP contribution in [0, 0.1) is 0 Å². The molecule has 1 aliphatic carbocycles. The maximum atomic E-state index is 12.3. The number of amides is 1. The van der Waals surface area contributed by atoms with E-state index < -0.39 is 10.0 Å². The highest BCUT2D eigenvalue weighted by atomic mass is 32.2. The van der Waals surface area contributed by atoms with Gasteiger partial charge >= 0.3 is 0 Å². The van der Waals surface area contributed by atoms with Crippen molar-refractivity contribution in [1.29, 1.82) is 0 Å². The summed E-state index contributed by atoms with van der Waals surface area (Å²) in [4.78, 5) is 12.3. The molecule has 0 heterocycles. The smallest absolute Gasteiger partial charge is 0.235 e. The van der Waals surface area contributed by atoms with Gasteiger partial charge in [0.1, 0.15) is 0 Å². The number of nitrogens with zero attached hydrogens (tertiary/aromatic N) is 1. The third kappa shape index (κ3) is 5.32. The van der Waals surface area contributed by atoms with Gasteiger partial charge in [-0.3, -0.25) is 4.79 Å². The van der Waals surface area contributed by atoms with Crippen LogP contribution in [0.3, 0.4) is 0 Å². The molecule has 0 aliphatic heterocycles. The maximum Gasteiger partial charge on any atom is 0.235 e. The first-order chi connectivity index (χ1) is 10.9. The van der Waals surface area contributed by atoms with Crippen molar-refractivity contribution in [2.45, 2.75) is 51.1 Å². The normalized spacial score (nSPS) is 17.9.